The number of Topliss-reactive ketones (excluding diaryl/α,β-unsaturated/α-hetero) is 1. The Morgan fingerprint density at radius 3 is 2.25 bits per heavy atom. The van der Waals surface area contributed by atoms with Gasteiger partial charge >= 0.3 is 6.18 Å². The van der Waals surface area contributed by atoms with Crippen LogP contribution in [0.1, 0.15) is 31.2 Å². The summed E-state index contributed by atoms with van der Waals surface area (Å²) >= 11 is 0. The maximum Gasteiger partial charge on any atom is 0.452 e. The summed E-state index contributed by atoms with van der Waals surface area (Å²) < 4.78 is 39.7. The van der Waals surface area contributed by atoms with Crippen LogP contribution in [0.15, 0.2) is 48.6 Å². The number of carbonyl (C=O) groups excluding carboxylic acids is 1. The fraction of sp³-hybridized carbons (Fsp3) is 0.421. The quantitative estimate of drug-likeness (QED) is 0.817. The second-order valence-corrected chi connectivity index (χ2v) is 6.36. The van der Waals surface area contributed by atoms with Gasteiger partial charge in [0.1, 0.15) is 5.54 Å². The zero-order valence-electron chi connectivity index (χ0n) is 13.4. The minimum Gasteiger partial charge on any atom is -0.287 e. The van der Waals surface area contributed by atoms with Crippen molar-refractivity contribution in [2.45, 2.75) is 37.4 Å². The highest BCUT2D eigenvalue weighted by atomic mass is 19.4. The fourth-order valence-electron chi connectivity index (χ4n) is 3.56. The van der Waals surface area contributed by atoms with Gasteiger partial charge in [-0.15, -0.1) is 0 Å². The van der Waals surface area contributed by atoms with Crippen molar-refractivity contribution in [1.29, 1.82) is 0 Å². The van der Waals surface area contributed by atoms with Crippen LogP contribution in [0, 0.1) is 0 Å². The Bertz CT molecular complexity index is 657. The Hall–Kier alpha value is -1.88. The van der Waals surface area contributed by atoms with Gasteiger partial charge in [-0.25, -0.2) is 0 Å². The van der Waals surface area contributed by atoms with Crippen LogP contribution in [0.2, 0.25) is 0 Å². The summed E-state index contributed by atoms with van der Waals surface area (Å²) in [7, 11) is 0. The highest BCUT2D eigenvalue weighted by molar-refractivity contribution is 5.97. The summed E-state index contributed by atoms with van der Waals surface area (Å²) in [5.74, 6) is -1.66. The average Bonchev–Trinajstić information content (AvgIpc) is 2.62. The van der Waals surface area contributed by atoms with Gasteiger partial charge in [0.05, 0.1) is 0 Å². The number of allylic oxidation sites excluding steroid dienone is 2. The van der Waals surface area contributed by atoms with Gasteiger partial charge in [-0.05, 0) is 43.5 Å². The maximum atomic E-state index is 13.2. The number of alkyl halides is 3. The van der Waals surface area contributed by atoms with Crippen molar-refractivity contribution in [2.24, 2.45) is 0 Å². The Morgan fingerprint density at radius 2 is 1.71 bits per heavy atom. The molecule has 3 rings (SSSR count). The number of nitrogens with zero attached hydrogens (tertiary/aromatic N) is 1. The van der Waals surface area contributed by atoms with Crippen molar-refractivity contribution in [3.63, 3.8) is 0 Å². The Kier molecular flexibility index (Phi) is 4.63. The Labute approximate surface area is 139 Å². The first-order valence-electron chi connectivity index (χ1n) is 8.25. The SMILES string of the molecule is O=C(C(F)(F)F)C1(N2CCCCC2)C=CC(c2ccccc2)=CC1. The average molecular weight is 335 g/mol. The first kappa shape index (κ1) is 17.0. The molecule has 2 aliphatic rings. The van der Waals surface area contributed by atoms with Crippen LogP contribution in [0.3, 0.4) is 0 Å². The number of halogens is 3. The van der Waals surface area contributed by atoms with Crippen molar-refractivity contribution < 1.29 is 18.0 Å². The molecule has 1 atom stereocenters. The van der Waals surface area contributed by atoms with Gasteiger partial charge in [0.25, 0.3) is 5.78 Å². The molecule has 0 radical (unpaired) electrons. The van der Waals surface area contributed by atoms with Crippen LogP contribution in [0.5, 0.6) is 0 Å². The summed E-state index contributed by atoms with van der Waals surface area (Å²) in [6.07, 6.45) is 2.78. The van der Waals surface area contributed by atoms with E-state index in [9.17, 15) is 18.0 Å². The largest absolute Gasteiger partial charge is 0.452 e. The van der Waals surface area contributed by atoms with Crippen LogP contribution >= 0.6 is 0 Å². The standard InChI is InChI=1S/C19H20F3NO/c20-19(21,22)17(24)18(23-13-5-2-6-14-23)11-9-16(10-12-18)15-7-3-1-4-8-15/h1,3-4,7-11H,2,5-6,12-14H2. The Balaban J connectivity index is 1.92. The molecule has 0 spiro atoms. The molecular formula is C19H20F3NO. The van der Waals surface area contributed by atoms with E-state index in [1.807, 2.05) is 30.3 Å². The number of ketones is 1. The zero-order chi connectivity index (χ0) is 17.2. The smallest absolute Gasteiger partial charge is 0.287 e. The number of rotatable bonds is 3. The molecule has 0 bridgehead atoms. The van der Waals surface area contributed by atoms with Gasteiger partial charge in [0.2, 0.25) is 0 Å². The fourth-order valence-corrected chi connectivity index (χ4v) is 3.56. The third kappa shape index (κ3) is 3.18. The number of hydrogen-bond donors (Lipinski definition) is 0. The van der Waals surface area contributed by atoms with Crippen LogP contribution in [0.4, 0.5) is 13.2 Å². The first-order chi connectivity index (χ1) is 11.4. The second kappa shape index (κ2) is 6.55. The van der Waals surface area contributed by atoms with Crippen LogP contribution < -0.4 is 0 Å². The maximum absolute atomic E-state index is 13.2. The van der Waals surface area contributed by atoms with E-state index in [2.05, 4.69) is 0 Å². The van der Waals surface area contributed by atoms with Crippen LogP contribution in [-0.4, -0.2) is 35.5 Å². The van der Waals surface area contributed by atoms with Crippen LogP contribution in [-0.2, 0) is 4.79 Å². The molecule has 24 heavy (non-hydrogen) atoms. The molecule has 0 amide bonds. The molecule has 1 aromatic rings. The van der Waals surface area contributed by atoms with E-state index in [0.717, 1.165) is 30.4 Å². The summed E-state index contributed by atoms with van der Waals surface area (Å²) in [4.78, 5) is 13.9. The lowest BCUT2D eigenvalue weighted by Crippen LogP contribution is -2.59. The molecule has 1 aliphatic carbocycles. The van der Waals surface area contributed by atoms with Gasteiger partial charge in [0, 0.05) is 0 Å². The van der Waals surface area contributed by atoms with E-state index < -0.39 is 17.5 Å². The molecular weight excluding hydrogens is 315 g/mol. The third-order valence-electron chi connectivity index (χ3n) is 4.85. The highest BCUT2D eigenvalue weighted by Gasteiger charge is 2.54. The molecule has 1 unspecified atom stereocenters. The number of carbonyl (C=O) groups is 1. The number of hydrogen-bond acceptors (Lipinski definition) is 2. The third-order valence-corrected chi connectivity index (χ3v) is 4.85. The van der Waals surface area contributed by atoms with E-state index in [1.54, 1.807) is 17.1 Å². The molecule has 1 saturated heterocycles. The van der Waals surface area contributed by atoms with Gasteiger partial charge < -0.3 is 0 Å². The van der Waals surface area contributed by atoms with Gasteiger partial charge in [-0.1, -0.05) is 55.0 Å². The Morgan fingerprint density at radius 1 is 1.04 bits per heavy atom. The predicted molar refractivity (Wildman–Crippen MR) is 87.4 cm³/mol. The lowest BCUT2D eigenvalue weighted by Gasteiger charge is -2.43. The van der Waals surface area contributed by atoms with Crippen molar-refractivity contribution in [2.75, 3.05) is 13.1 Å². The second-order valence-electron chi connectivity index (χ2n) is 6.36. The van der Waals surface area contributed by atoms with Gasteiger partial charge in [-0.2, -0.15) is 13.2 Å². The predicted octanol–water partition coefficient (Wildman–Crippen LogP) is 4.39. The minimum atomic E-state index is -4.83. The summed E-state index contributed by atoms with van der Waals surface area (Å²) in [6.45, 7) is 1.06. The molecule has 1 aliphatic heterocycles. The summed E-state index contributed by atoms with van der Waals surface area (Å²) in [5, 5.41) is 0. The van der Waals surface area contributed by atoms with Crippen LogP contribution in [0.25, 0.3) is 5.57 Å². The minimum absolute atomic E-state index is 0.0616. The molecule has 0 aromatic heterocycles. The van der Waals surface area contributed by atoms with E-state index in [4.69, 9.17) is 0 Å². The molecule has 1 heterocycles. The molecule has 5 heteroatoms. The van der Waals surface area contributed by atoms with E-state index in [1.165, 1.54) is 6.08 Å². The van der Waals surface area contributed by atoms with Crippen molar-refractivity contribution in [3.05, 3.63) is 54.1 Å². The highest BCUT2D eigenvalue weighted by Crippen LogP contribution is 2.38. The molecule has 128 valence electrons. The van der Waals surface area contributed by atoms with Crippen molar-refractivity contribution in [3.8, 4) is 0 Å². The van der Waals surface area contributed by atoms with Crippen molar-refractivity contribution in [1.82, 2.24) is 4.90 Å². The lowest BCUT2D eigenvalue weighted by atomic mass is 9.80. The molecule has 0 N–H and O–H groups in total. The summed E-state index contributed by atoms with van der Waals surface area (Å²) in [6, 6.07) is 9.49. The van der Waals surface area contributed by atoms with E-state index in [-0.39, 0.29) is 6.42 Å². The topological polar surface area (TPSA) is 20.3 Å². The zero-order valence-corrected chi connectivity index (χ0v) is 13.4. The first-order valence-corrected chi connectivity index (χ1v) is 8.25. The number of piperidine rings is 1. The van der Waals surface area contributed by atoms with Gasteiger partial charge in [0.15, 0.2) is 0 Å². The van der Waals surface area contributed by atoms with E-state index >= 15 is 0 Å². The normalized spacial score (nSPS) is 25.4. The molecule has 2 nitrogen and oxygen atoms in total. The monoisotopic (exact) mass is 335 g/mol. The van der Waals surface area contributed by atoms with Gasteiger partial charge in [-0.3, -0.25) is 9.69 Å². The molecule has 1 fully saturated rings. The number of likely N-dealkylation sites (tertiary alicyclic amines) is 1. The van der Waals surface area contributed by atoms with Crippen molar-refractivity contribution >= 4 is 11.4 Å². The number of benzene rings is 1. The summed E-state index contributed by atoms with van der Waals surface area (Å²) in [5.41, 5.74) is 0.218. The lowest BCUT2D eigenvalue weighted by molar-refractivity contribution is -0.181. The molecule has 0 saturated carbocycles. The molecule has 1 aromatic carbocycles. The van der Waals surface area contributed by atoms with E-state index in [0.29, 0.717) is 13.1 Å².